The summed E-state index contributed by atoms with van der Waals surface area (Å²) in [7, 11) is 3.06. The van der Waals surface area contributed by atoms with Crippen LogP contribution in [0.4, 0.5) is 16.6 Å². The number of ether oxygens (including phenoxy) is 2. The van der Waals surface area contributed by atoms with Crippen molar-refractivity contribution in [2.24, 2.45) is 0 Å². The van der Waals surface area contributed by atoms with Gasteiger partial charge in [0.05, 0.1) is 19.8 Å². The monoisotopic (exact) mass is 355 g/mol. The average molecular weight is 355 g/mol. The Labute approximate surface area is 149 Å². The SMILES string of the molecule is COc1ccc(C(=O)c2sc(Nc3ccccc3)nc2N)c(OC)c1. The van der Waals surface area contributed by atoms with Crippen LogP contribution in [0.3, 0.4) is 0 Å². The molecule has 0 radical (unpaired) electrons. The predicted octanol–water partition coefficient (Wildman–Crippen LogP) is 3.72. The average Bonchev–Trinajstić information content (AvgIpc) is 3.01. The molecule has 0 fully saturated rings. The molecule has 0 unspecified atom stereocenters. The normalized spacial score (nSPS) is 10.3. The topological polar surface area (TPSA) is 86.5 Å². The number of carbonyl (C=O) groups is 1. The number of methoxy groups -OCH3 is 2. The molecule has 0 saturated heterocycles. The zero-order valence-corrected chi connectivity index (χ0v) is 14.6. The number of nitrogens with zero attached hydrogens (tertiary/aromatic N) is 1. The quantitative estimate of drug-likeness (QED) is 0.656. The second kappa shape index (κ2) is 7.23. The van der Waals surface area contributed by atoms with Gasteiger partial charge in [-0.15, -0.1) is 0 Å². The molecule has 0 aliphatic heterocycles. The molecule has 25 heavy (non-hydrogen) atoms. The van der Waals surface area contributed by atoms with Crippen molar-refractivity contribution in [3.63, 3.8) is 0 Å². The van der Waals surface area contributed by atoms with Crippen molar-refractivity contribution >= 4 is 33.8 Å². The molecule has 128 valence electrons. The van der Waals surface area contributed by atoms with E-state index in [0.29, 0.717) is 27.1 Å². The van der Waals surface area contributed by atoms with Crippen LogP contribution in [0.5, 0.6) is 11.5 Å². The van der Waals surface area contributed by atoms with Crippen LogP contribution < -0.4 is 20.5 Å². The van der Waals surface area contributed by atoms with Gasteiger partial charge in [-0.3, -0.25) is 4.79 Å². The summed E-state index contributed by atoms with van der Waals surface area (Å²) >= 11 is 1.20. The van der Waals surface area contributed by atoms with Crippen LogP contribution in [-0.4, -0.2) is 25.0 Å². The van der Waals surface area contributed by atoms with Gasteiger partial charge in [-0.25, -0.2) is 4.98 Å². The van der Waals surface area contributed by atoms with E-state index in [0.717, 1.165) is 5.69 Å². The number of nitrogen functional groups attached to an aromatic ring is 1. The van der Waals surface area contributed by atoms with Crippen molar-refractivity contribution in [3.05, 3.63) is 59.0 Å². The second-order valence-corrected chi connectivity index (χ2v) is 6.12. The standard InChI is InChI=1S/C18H17N3O3S/c1-23-12-8-9-13(14(10-12)24-2)15(22)16-17(19)21-18(25-16)20-11-6-4-3-5-7-11/h3-10H,19H2,1-2H3,(H,20,21). The molecule has 0 amide bonds. The van der Waals surface area contributed by atoms with Crippen LogP contribution in [-0.2, 0) is 0 Å². The van der Waals surface area contributed by atoms with E-state index in [-0.39, 0.29) is 11.6 Å². The molecule has 3 aromatic rings. The van der Waals surface area contributed by atoms with Crippen molar-refractivity contribution < 1.29 is 14.3 Å². The van der Waals surface area contributed by atoms with Gasteiger partial charge in [0.15, 0.2) is 5.13 Å². The Bertz CT molecular complexity index is 894. The number of para-hydroxylation sites is 1. The highest BCUT2D eigenvalue weighted by atomic mass is 32.1. The fraction of sp³-hybridized carbons (Fsp3) is 0.111. The van der Waals surface area contributed by atoms with Crippen LogP contribution in [0, 0.1) is 0 Å². The van der Waals surface area contributed by atoms with Gasteiger partial charge in [0.1, 0.15) is 22.2 Å². The first-order valence-corrected chi connectivity index (χ1v) is 8.29. The highest BCUT2D eigenvalue weighted by molar-refractivity contribution is 7.18. The summed E-state index contributed by atoms with van der Waals surface area (Å²) < 4.78 is 10.5. The molecule has 2 aromatic carbocycles. The van der Waals surface area contributed by atoms with E-state index < -0.39 is 0 Å². The molecule has 1 heterocycles. The van der Waals surface area contributed by atoms with E-state index in [4.69, 9.17) is 15.2 Å². The predicted molar refractivity (Wildman–Crippen MR) is 99.2 cm³/mol. The highest BCUT2D eigenvalue weighted by Gasteiger charge is 2.21. The lowest BCUT2D eigenvalue weighted by Crippen LogP contribution is -2.05. The maximum absolute atomic E-state index is 12.9. The Kier molecular flexibility index (Phi) is 4.85. The maximum Gasteiger partial charge on any atom is 0.210 e. The van der Waals surface area contributed by atoms with Gasteiger partial charge < -0.3 is 20.5 Å². The van der Waals surface area contributed by atoms with E-state index in [2.05, 4.69) is 10.3 Å². The van der Waals surface area contributed by atoms with E-state index in [9.17, 15) is 4.79 Å². The number of ketones is 1. The number of nitrogens with one attached hydrogen (secondary N) is 1. The number of benzene rings is 2. The molecule has 0 saturated carbocycles. The third-order valence-corrected chi connectivity index (χ3v) is 4.52. The smallest absolute Gasteiger partial charge is 0.210 e. The van der Waals surface area contributed by atoms with Crippen molar-refractivity contribution in [3.8, 4) is 11.5 Å². The second-order valence-electron chi connectivity index (χ2n) is 5.12. The number of rotatable bonds is 6. The van der Waals surface area contributed by atoms with Crippen molar-refractivity contribution in [2.75, 3.05) is 25.3 Å². The summed E-state index contributed by atoms with van der Waals surface area (Å²) in [6.45, 7) is 0. The van der Waals surface area contributed by atoms with Gasteiger partial charge in [-0.05, 0) is 24.3 Å². The molecule has 0 atom stereocenters. The number of thiazole rings is 1. The van der Waals surface area contributed by atoms with Gasteiger partial charge in [0, 0.05) is 11.8 Å². The number of anilines is 3. The Morgan fingerprint density at radius 2 is 1.88 bits per heavy atom. The van der Waals surface area contributed by atoms with Crippen LogP contribution in [0.15, 0.2) is 48.5 Å². The first kappa shape index (κ1) is 16.8. The summed E-state index contributed by atoms with van der Waals surface area (Å²) in [6.07, 6.45) is 0. The van der Waals surface area contributed by atoms with Crippen LogP contribution in [0.1, 0.15) is 15.2 Å². The van der Waals surface area contributed by atoms with E-state index in [1.807, 2.05) is 30.3 Å². The number of aromatic nitrogens is 1. The first-order chi connectivity index (χ1) is 12.1. The zero-order chi connectivity index (χ0) is 17.8. The van der Waals surface area contributed by atoms with Crippen molar-refractivity contribution in [1.29, 1.82) is 0 Å². The number of hydrogen-bond acceptors (Lipinski definition) is 7. The Balaban J connectivity index is 1.90. The molecule has 6 nitrogen and oxygen atoms in total. The third kappa shape index (κ3) is 3.56. The Morgan fingerprint density at radius 3 is 2.56 bits per heavy atom. The molecule has 0 aliphatic carbocycles. The lowest BCUT2D eigenvalue weighted by Gasteiger charge is -2.08. The summed E-state index contributed by atoms with van der Waals surface area (Å²) in [4.78, 5) is 17.5. The summed E-state index contributed by atoms with van der Waals surface area (Å²) in [6, 6.07) is 14.6. The van der Waals surface area contributed by atoms with Gasteiger partial charge in [-0.2, -0.15) is 0 Å². The molecule has 0 aliphatic rings. The molecule has 7 heteroatoms. The van der Waals surface area contributed by atoms with Crippen LogP contribution >= 0.6 is 11.3 Å². The third-order valence-electron chi connectivity index (χ3n) is 3.54. The van der Waals surface area contributed by atoms with Gasteiger partial charge in [0.2, 0.25) is 5.78 Å². The number of carbonyl (C=O) groups excluding carboxylic acids is 1. The van der Waals surface area contributed by atoms with E-state index >= 15 is 0 Å². The summed E-state index contributed by atoms with van der Waals surface area (Å²) in [5.74, 6) is 0.980. The van der Waals surface area contributed by atoms with Crippen LogP contribution in [0.2, 0.25) is 0 Å². The van der Waals surface area contributed by atoms with E-state index in [1.165, 1.54) is 18.4 Å². The summed E-state index contributed by atoms with van der Waals surface area (Å²) in [5.41, 5.74) is 7.23. The fourth-order valence-electron chi connectivity index (χ4n) is 2.30. The van der Waals surface area contributed by atoms with Crippen molar-refractivity contribution in [1.82, 2.24) is 4.98 Å². The fourth-order valence-corrected chi connectivity index (χ4v) is 3.16. The molecule has 3 N–H and O–H groups in total. The molecular weight excluding hydrogens is 338 g/mol. The first-order valence-electron chi connectivity index (χ1n) is 7.47. The molecule has 0 bridgehead atoms. The van der Waals surface area contributed by atoms with E-state index in [1.54, 1.807) is 25.3 Å². The highest BCUT2D eigenvalue weighted by Crippen LogP contribution is 2.33. The number of hydrogen-bond donors (Lipinski definition) is 2. The Hall–Kier alpha value is -3.06. The minimum atomic E-state index is -0.240. The zero-order valence-electron chi connectivity index (χ0n) is 13.8. The van der Waals surface area contributed by atoms with Crippen molar-refractivity contribution in [2.45, 2.75) is 0 Å². The largest absolute Gasteiger partial charge is 0.497 e. The lowest BCUT2D eigenvalue weighted by atomic mass is 10.1. The lowest BCUT2D eigenvalue weighted by molar-refractivity contribution is 0.104. The van der Waals surface area contributed by atoms with Gasteiger partial charge in [0.25, 0.3) is 0 Å². The maximum atomic E-state index is 12.9. The molecular formula is C18H17N3O3S. The minimum absolute atomic E-state index is 0.186. The Morgan fingerprint density at radius 1 is 1.12 bits per heavy atom. The molecule has 1 aromatic heterocycles. The van der Waals surface area contributed by atoms with Gasteiger partial charge >= 0.3 is 0 Å². The number of nitrogens with two attached hydrogens (primary N) is 1. The minimum Gasteiger partial charge on any atom is -0.497 e. The van der Waals surface area contributed by atoms with Gasteiger partial charge in [-0.1, -0.05) is 29.5 Å². The molecule has 3 rings (SSSR count). The van der Waals surface area contributed by atoms with Crippen LogP contribution in [0.25, 0.3) is 0 Å². The summed E-state index contributed by atoms with van der Waals surface area (Å²) in [5, 5.41) is 3.70. The molecule has 0 spiro atoms.